The van der Waals surface area contributed by atoms with Crippen molar-refractivity contribution in [3.8, 4) is 0 Å². The van der Waals surface area contributed by atoms with Crippen molar-refractivity contribution in [3.63, 3.8) is 0 Å². The zero-order valence-corrected chi connectivity index (χ0v) is 9.04. The molecule has 6 heteroatoms. The Kier molecular flexibility index (Phi) is 3.90. The predicted octanol–water partition coefficient (Wildman–Crippen LogP) is 0.200. The summed E-state index contributed by atoms with van der Waals surface area (Å²) >= 11 is 0. The predicted molar refractivity (Wildman–Crippen MR) is 56.2 cm³/mol. The van der Waals surface area contributed by atoms with Crippen molar-refractivity contribution >= 4 is 6.09 Å². The van der Waals surface area contributed by atoms with Gasteiger partial charge in [-0.3, -0.25) is 4.90 Å². The Morgan fingerprint density at radius 3 is 2.94 bits per heavy atom. The molecule has 1 fully saturated rings. The van der Waals surface area contributed by atoms with Crippen LogP contribution in [0.5, 0.6) is 0 Å². The SMILES string of the molecule is O=C(OCCN1CCOCC1)n1ccnc1. The topological polar surface area (TPSA) is 56.6 Å². The summed E-state index contributed by atoms with van der Waals surface area (Å²) in [7, 11) is 0. The normalized spacial score (nSPS) is 17.2. The van der Waals surface area contributed by atoms with E-state index in [4.69, 9.17) is 9.47 Å². The van der Waals surface area contributed by atoms with Gasteiger partial charge in [0.05, 0.1) is 13.2 Å². The maximum atomic E-state index is 11.4. The summed E-state index contributed by atoms with van der Waals surface area (Å²) in [5.74, 6) is 0. The van der Waals surface area contributed by atoms with Crippen LogP contribution in [-0.4, -0.2) is 60.0 Å². The average molecular weight is 225 g/mol. The van der Waals surface area contributed by atoms with Gasteiger partial charge >= 0.3 is 6.09 Å². The summed E-state index contributed by atoms with van der Waals surface area (Å²) in [6.45, 7) is 4.48. The molecule has 1 saturated heterocycles. The maximum Gasteiger partial charge on any atom is 0.419 e. The summed E-state index contributed by atoms with van der Waals surface area (Å²) in [5.41, 5.74) is 0. The Balaban J connectivity index is 1.66. The fourth-order valence-electron chi connectivity index (χ4n) is 1.53. The first-order valence-corrected chi connectivity index (χ1v) is 5.31. The van der Waals surface area contributed by atoms with Gasteiger partial charge in [0, 0.05) is 32.0 Å². The highest BCUT2D eigenvalue weighted by atomic mass is 16.5. The van der Waals surface area contributed by atoms with E-state index in [1.54, 1.807) is 12.4 Å². The minimum absolute atomic E-state index is 0.384. The molecule has 1 aromatic rings. The van der Waals surface area contributed by atoms with Gasteiger partial charge in [0.1, 0.15) is 12.9 Å². The number of ether oxygens (including phenoxy) is 2. The first-order valence-electron chi connectivity index (χ1n) is 5.31. The number of nitrogens with zero attached hydrogens (tertiary/aromatic N) is 3. The number of carbonyl (C=O) groups excluding carboxylic acids is 1. The molecule has 1 aliphatic heterocycles. The fraction of sp³-hybridized carbons (Fsp3) is 0.600. The monoisotopic (exact) mass is 225 g/mol. The number of morpholine rings is 1. The molecule has 1 aromatic heterocycles. The summed E-state index contributed by atoms with van der Waals surface area (Å²) in [4.78, 5) is 17.4. The minimum Gasteiger partial charge on any atom is -0.448 e. The van der Waals surface area contributed by atoms with Crippen molar-refractivity contribution in [2.45, 2.75) is 0 Å². The first kappa shape index (κ1) is 11.1. The van der Waals surface area contributed by atoms with Crippen LogP contribution in [0, 0.1) is 0 Å². The van der Waals surface area contributed by atoms with E-state index in [0.717, 1.165) is 32.8 Å². The summed E-state index contributed by atoms with van der Waals surface area (Å²) < 4.78 is 11.6. The zero-order valence-electron chi connectivity index (χ0n) is 9.04. The Morgan fingerprint density at radius 1 is 1.44 bits per heavy atom. The molecule has 0 bridgehead atoms. The van der Waals surface area contributed by atoms with Gasteiger partial charge in [0.15, 0.2) is 0 Å². The van der Waals surface area contributed by atoms with Gasteiger partial charge in [-0.15, -0.1) is 0 Å². The third-order valence-corrected chi connectivity index (χ3v) is 2.45. The van der Waals surface area contributed by atoms with Crippen molar-refractivity contribution in [2.75, 3.05) is 39.5 Å². The lowest BCUT2D eigenvalue weighted by Crippen LogP contribution is -2.38. The van der Waals surface area contributed by atoms with Gasteiger partial charge < -0.3 is 9.47 Å². The first-order chi connectivity index (χ1) is 7.86. The molecule has 2 rings (SSSR count). The molecule has 0 spiro atoms. The second-order valence-corrected chi connectivity index (χ2v) is 3.54. The third-order valence-electron chi connectivity index (χ3n) is 2.45. The molecule has 2 heterocycles. The zero-order chi connectivity index (χ0) is 11.2. The highest BCUT2D eigenvalue weighted by molar-refractivity contribution is 5.69. The number of hydrogen-bond donors (Lipinski definition) is 0. The summed E-state index contributed by atoms with van der Waals surface area (Å²) in [6.07, 6.45) is 4.16. The molecule has 0 atom stereocenters. The highest BCUT2D eigenvalue weighted by Crippen LogP contribution is 1.97. The van der Waals surface area contributed by atoms with E-state index < -0.39 is 0 Å². The average Bonchev–Trinajstić information content (AvgIpc) is 2.84. The number of aromatic nitrogens is 2. The van der Waals surface area contributed by atoms with Crippen molar-refractivity contribution in [2.24, 2.45) is 0 Å². The molecule has 0 radical (unpaired) electrons. The van der Waals surface area contributed by atoms with Crippen LogP contribution in [0.1, 0.15) is 0 Å². The molecule has 6 nitrogen and oxygen atoms in total. The lowest BCUT2D eigenvalue weighted by Gasteiger charge is -2.26. The van der Waals surface area contributed by atoms with Crippen LogP contribution in [0.25, 0.3) is 0 Å². The van der Waals surface area contributed by atoms with Crippen LogP contribution in [0.4, 0.5) is 4.79 Å². The van der Waals surface area contributed by atoms with Crippen LogP contribution in [0.15, 0.2) is 18.7 Å². The van der Waals surface area contributed by atoms with E-state index in [1.165, 1.54) is 10.9 Å². The Labute approximate surface area is 93.8 Å². The van der Waals surface area contributed by atoms with Crippen molar-refractivity contribution in [1.82, 2.24) is 14.5 Å². The minimum atomic E-state index is -0.384. The van der Waals surface area contributed by atoms with E-state index in [2.05, 4.69) is 9.88 Å². The molecule has 0 unspecified atom stereocenters. The Bertz CT molecular complexity index is 320. The van der Waals surface area contributed by atoms with Gasteiger partial charge in [-0.05, 0) is 0 Å². The van der Waals surface area contributed by atoms with Gasteiger partial charge in [-0.25, -0.2) is 14.3 Å². The van der Waals surface area contributed by atoms with Crippen LogP contribution in [0.2, 0.25) is 0 Å². The quantitative estimate of drug-likeness (QED) is 0.735. The molecule has 0 aliphatic carbocycles. The van der Waals surface area contributed by atoms with Crippen LogP contribution in [-0.2, 0) is 9.47 Å². The Morgan fingerprint density at radius 2 is 2.25 bits per heavy atom. The van der Waals surface area contributed by atoms with Crippen molar-refractivity contribution < 1.29 is 14.3 Å². The molecule has 0 N–H and O–H groups in total. The maximum absolute atomic E-state index is 11.4. The van der Waals surface area contributed by atoms with Gasteiger partial charge in [-0.1, -0.05) is 0 Å². The summed E-state index contributed by atoms with van der Waals surface area (Å²) in [6, 6.07) is 0. The number of imidazole rings is 1. The molecule has 0 amide bonds. The molecule has 0 saturated carbocycles. The van der Waals surface area contributed by atoms with Crippen LogP contribution >= 0.6 is 0 Å². The molecule has 88 valence electrons. The number of rotatable bonds is 3. The fourth-order valence-corrected chi connectivity index (χ4v) is 1.53. The van der Waals surface area contributed by atoms with Crippen molar-refractivity contribution in [3.05, 3.63) is 18.7 Å². The largest absolute Gasteiger partial charge is 0.448 e. The second kappa shape index (κ2) is 5.62. The van der Waals surface area contributed by atoms with Gasteiger partial charge in [-0.2, -0.15) is 0 Å². The van der Waals surface area contributed by atoms with E-state index in [1.807, 2.05) is 0 Å². The lowest BCUT2D eigenvalue weighted by atomic mass is 10.4. The standard InChI is InChI=1S/C10H15N3O3/c14-10(13-2-1-11-9-13)16-8-5-12-3-6-15-7-4-12/h1-2,9H,3-8H2. The Hall–Kier alpha value is -1.40. The van der Waals surface area contributed by atoms with E-state index in [9.17, 15) is 4.79 Å². The second-order valence-electron chi connectivity index (χ2n) is 3.54. The van der Waals surface area contributed by atoms with E-state index in [0.29, 0.717) is 6.61 Å². The van der Waals surface area contributed by atoms with Crippen molar-refractivity contribution in [1.29, 1.82) is 0 Å². The molecular formula is C10H15N3O3. The van der Waals surface area contributed by atoms with E-state index >= 15 is 0 Å². The third kappa shape index (κ3) is 3.04. The summed E-state index contributed by atoms with van der Waals surface area (Å²) in [5, 5.41) is 0. The van der Waals surface area contributed by atoms with Crippen LogP contribution in [0.3, 0.4) is 0 Å². The molecule has 0 aromatic carbocycles. The number of carbonyl (C=O) groups is 1. The molecule has 1 aliphatic rings. The van der Waals surface area contributed by atoms with Gasteiger partial charge in [0.2, 0.25) is 0 Å². The smallest absolute Gasteiger partial charge is 0.419 e. The molecular weight excluding hydrogens is 210 g/mol. The molecule has 16 heavy (non-hydrogen) atoms. The lowest BCUT2D eigenvalue weighted by molar-refractivity contribution is 0.0282. The van der Waals surface area contributed by atoms with Gasteiger partial charge in [0.25, 0.3) is 0 Å². The highest BCUT2D eigenvalue weighted by Gasteiger charge is 2.11. The number of hydrogen-bond acceptors (Lipinski definition) is 5. The van der Waals surface area contributed by atoms with E-state index in [-0.39, 0.29) is 6.09 Å². The van der Waals surface area contributed by atoms with Crippen LogP contribution < -0.4 is 0 Å².